The van der Waals surface area contributed by atoms with Crippen LogP contribution < -0.4 is 15.0 Å². The third-order valence-electron chi connectivity index (χ3n) is 4.10. The number of hydrogen-bond donors (Lipinski definition) is 1. The summed E-state index contributed by atoms with van der Waals surface area (Å²) in [7, 11) is 1.62. The fraction of sp³-hybridized carbons (Fsp3) is 0.190. The molecule has 1 N–H and O–H groups in total. The molecule has 1 aromatic heterocycles. The summed E-state index contributed by atoms with van der Waals surface area (Å²) in [5.41, 5.74) is 3.10. The van der Waals surface area contributed by atoms with Gasteiger partial charge in [0.05, 0.1) is 7.11 Å². The first kappa shape index (κ1) is 18.4. The predicted molar refractivity (Wildman–Crippen MR) is 107 cm³/mol. The van der Waals surface area contributed by atoms with Gasteiger partial charge in [0.2, 0.25) is 5.95 Å². The topological polar surface area (TPSA) is 67.4 Å². The van der Waals surface area contributed by atoms with E-state index in [9.17, 15) is 4.79 Å². The number of nitrogens with zero attached hydrogens (tertiary/aromatic N) is 3. The minimum atomic E-state index is -0.164. The summed E-state index contributed by atoms with van der Waals surface area (Å²) < 4.78 is 5.15. The molecule has 138 valence electrons. The number of aromatic nitrogens is 2. The molecule has 0 bridgehead atoms. The minimum Gasteiger partial charge on any atom is -0.497 e. The monoisotopic (exact) mass is 362 g/mol. The van der Waals surface area contributed by atoms with Gasteiger partial charge in [0.25, 0.3) is 5.91 Å². The molecule has 1 heterocycles. The highest BCUT2D eigenvalue weighted by Gasteiger charge is 2.18. The standard InChI is InChI=1S/C21H22N4O2/c1-4-25(17-7-5-6-15(2)14-17)20(26)19-12-13-22-21(24-19)23-16-8-10-18(27-3)11-9-16/h5-14H,4H2,1-3H3,(H,22,23,24). The van der Waals surface area contributed by atoms with Crippen LogP contribution in [0.1, 0.15) is 23.0 Å². The van der Waals surface area contributed by atoms with Gasteiger partial charge in [-0.1, -0.05) is 12.1 Å². The van der Waals surface area contributed by atoms with E-state index in [0.29, 0.717) is 18.2 Å². The molecule has 27 heavy (non-hydrogen) atoms. The van der Waals surface area contributed by atoms with Crippen LogP contribution in [0, 0.1) is 6.92 Å². The normalized spacial score (nSPS) is 10.3. The molecule has 0 unspecified atom stereocenters. The number of benzene rings is 2. The van der Waals surface area contributed by atoms with Crippen molar-refractivity contribution in [3.05, 3.63) is 72.1 Å². The number of nitrogens with one attached hydrogen (secondary N) is 1. The minimum absolute atomic E-state index is 0.164. The number of anilines is 3. The predicted octanol–water partition coefficient (Wildman–Crippen LogP) is 4.20. The highest BCUT2D eigenvalue weighted by atomic mass is 16.5. The van der Waals surface area contributed by atoms with Crippen LogP contribution in [0.25, 0.3) is 0 Å². The number of hydrogen-bond acceptors (Lipinski definition) is 5. The Balaban J connectivity index is 1.81. The summed E-state index contributed by atoms with van der Waals surface area (Å²) in [6.07, 6.45) is 1.58. The molecule has 6 nitrogen and oxygen atoms in total. The first-order valence-corrected chi connectivity index (χ1v) is 8.73. The average molecular weight is 362 g/mol. The Bertz CT molecular complexity index is 925. The molecule has 0 saturated heterocycles. The number of carbonyl (C=O) groups excluding carboxylic acids is 1. The molecule has 0 aliphatic carbocycles. The molecule has 0 aliphatic heterocycles. The van der Waals surface area contributed by atoms with E-state index >= 15 is 0 Å². The summed E-state index contributed by atoms with van der Waals surface area (Å²) >= 11 is 0. The molecule has 0 radical (unpaired) electrons. The van der Waals surface area contributed by atoms with Gasteiger partial charge in [0, 0.05) is 24.1 Å². The van der Waals surface area contributed by atoms with Crippen molar-refractivity contribution in [3.63, 3.8) is 0 Å². The number of rotatable bonds is 6. The SMILES string of the molecule is CCN(C(=O)c1ccnc(Nc2ccc(OC)cc2)n1)c1cccc(C)c1. The molecule has 3 aromatic rings. The Kier molecular flexibility index (Phi) is 5.66. The zero-order valence-electron chi connectivity index (χ0n) is 15.6. The average Bonchev–Trinajstić information content (AvgIpc) is 2.69. The van der Waals surface area contributed by atoms with Crippen LogP contribution in [-0.2, 0) is 0 Å². The number of aryl methyl sites for hydroxylation is 1. The first-order valence-electron chi connectivity index (χ1n) is 8.73. The van der Waals surface area contributed by atoms with Crippen LogP contribution in [0.4, 0.5) is 17.3 Å². The Morgan fingerprint density at radius 2 is 1.93 bits per heavy atom. The number of ether oxygens (including phenoxy) is 1. The van der Waals surface area contributed by atoms with Gasteiger partial charge >= 0.3 is 0 Å². The van der Waals surface area contributed by atoms with Crippen molar-refractivity contribution in [2.24, 2.45) is 0 Å². The second-order valence-corrected chi connectivity index (χ2v) is 6.01. The maximum absolute atomic E-state index is 13.0. The van der Waals surface area contributed by atoms with Crippen LogP contribution in [0.3, 0.4) is 0 Å². The quantitative estimate of drug-likeness (QED) is 0.712. The van der Waals surface area contributed by atoms with E-state index < -0.39 is 0 Å². The van der Waals surface area contributed by atoms with Crippen molar-refractivity contribution in [2.75, 3.05) is 23.9 Å². The maximum Gasteiger partial charge on any atom is 0.277 e. The van der Waals surface area contributed by atoms with Gasteiger partial charge in [-0.15, -0.1) is 0 Å². The van der Waals surface area contributed by atoms with Gasteiger partial charge < -0.3 is 15.0 Å². The fourth-order valence-electron chi connectivity index (χ4n) is 2.72. The molecule has 0 spiro atoms. The fourth-order valence-corrected chi connectivity index (χ4v) is 2.72. The van der Waals surface area contributed by atoms with Gasteiger partial charge in [-0.2, -0.15) is 0 Å². The lowest BCUT2D eigenvalue weighted by Gasteiger charge is -2.21. The molecule has 0 fully saturated rings. The van der Waals surface area contributed by atoms with E-state index in [2.05, 4.69) is 15.3 Å². The molecule has 0 saturated carbocycles. The molecular weight excluding hydrogens is 340 g/mol. The maximum atomic E-state index is 13.0. The van der Waals surface area contributed by atoms with Crippen molar-refractivity contribution in [1.82, 2.24) is 9.97 Å². The van der Waals surface area contributed by atoms with Crippen molar-refractivity contribution < 1.29 is 9.53 Å². The second kappa shape index (κ2) is 8.31. The Morgan fingerprint density at radius 1 is 1.15 bits per heavy atom. The lowest BCUT2D eigenvalue weighted by molar-refractivity contribution is 0.0983. The Labute approximate surface area is 158 Å². The summed E-state index contributed by atoms with van der Waals surface area (Å²) in [4.78, 5) is 23.3. The summed E-state index contributed by atoms with van der Waals surface area (Å²) in [5, 5.41) is 3.11. The van der Waals surface area contributed by atoms with E-state index in [0.717, 1.165) is 22.7 Å². The van der Waals surface area contributed by atoms with Crippen molar-refractivity contribution >= 4 is 23.2 Å². The molecule has 3 rings (SSSR count). The van der Waals surface area contributed by atoms with Gasteiger partial charge in [-0.25, -0.2) is 9.97 Å². The van der Waals surface area contributed by atoms with Crippen molar-refractivity contribution in [1.29, 1.82) is 0 Å². The lowest BCUT2D eigenvalue weighted by atomic mass is 10.2. The van der Waals surface area contributed by atoms with Crippen molar-refractivity contribution in [2.45, 2.75) is 13.8 Å². The Morgan fingerprint density at radius 3 is 2.59 bits per heavy atom. The third-order valence-corrected chi connectivity index (χ3v) is 4.10. The summed E-state index contributed by atoms with van der Waals surface area (Å²) in [5.74, 6) is 0.969. The van der Waals surface area contributed by atoms with Crippen LogP contribution >= 0.6 is 0 Å². The Hall–Kier alpha value is -3.41. The van der Waals surface area contributed by atoms with Gasteiger partial charge in [0.15, 0.2) is 0 Å². The van der Waals surface area contributed by atoms with Crippen molar-refractivity contribution in [3.8, 4) is 5.75 Å². The highest BCUT2D eigenvalue weighted by Crippen LogP contribution is 2.20. The zero-order chi connectivity index (χ0) is 19.2. The van der Waals surface area contributed by atoms with Gasteiger partial charge in [0.1, 0.15) is 11.4 Å². The molecule has 1 amide bonds. The molecule has 0 atom stereocenters. The molecule has 0 aliphatic rings. The number of carbonyl (C=O) groups is 1. The molecular formula is C21H22N4O2. The van der Waals surface area contributed by atoms with E-state index in [1.165, 1.54) is 0 Å². The summed E-state index contributed by atoms with van der Waals surface area (Å²) in [6, 6.07) is 16.9. The third kappa shape index (κ3) is 4.41. The van der Waals surface area contributed by atoms with Crippen LogP contribution in [0.5, 0.6) is 5.75 Å². The number of methoxy groups -OCH3 is 1. The van der Waals surface area contributed by atoms with Gasteiger partial charge in [-0.3, -0.25) is 4.79 Å². The van der Waals surface area contributed by atoms with E-state index in [1.54, 1.807) is 24.3 Å². The van der Waals surface area contributed by atoms with Crippen LogP contribution in [-0.4, -0.2) is 29.5 Å². The van der Waals surface area contributed by atoms with E-state index in [1.807, 2.05) is 62.4 Å². The highest BCUT2D eigenvalue weighted by molar-refractivity contribution is 6.04. The zero-order valence-corrected chi connectivity index (χ0v) is 15.6. The first-order chi connectivity index (χ1) is 13.1. The second-order valence-electron chi connectivity index (χ2n) is 6.01. The van der Waals surface area contributed by atoms with Gasteiger partial charge in [-0.05, 0) is 61.9 Å². The molecule has 2 aromatic carbocycles. The molecule has 6 heteroatoms. The van der Waals surface area contributed by atoms with Crippen LogP contribution in [0.2, 0.25) is 0 Å². The van der Waals surface area contributed by atoms with E-state index in [-0.39, 0.29) is 5.91 Å². The largest absolute Gasteiger partial charge is 0.497 e. The number of amides is 1. The van der Waals surface area contributed by atoms with E-state index in [4.69, 9.17) is 4.74 Å². The smallest absolute Gasteiger partial charge is 0.277 e. The van der Waals surface area contributed by atoms with Crippen LogP contribution in [0.15, 0.2) is 60.8 Å². The lowest BCUT2D eigenvalue weighted by Crippen LogP contribution is -2.31. The summed E-state index contributed by atoms with van der Waals surface area (Å²) in [6.45, 7) is 4.49.